The molecule has 2 aromatic heterocycles. The molecule has 4 heterocycles. The highest BCUT2D eigenvalue weighted by atomic mass is 35.5. The molecule has 4 aromatic rings. The van der Waals surface area contributed by atoms with Crippen LogP contribution in [-0.4, -0.2) is 60.0 Å². The van der Waals surface area contributed by atoms with Gasteiger partial charge in [0.1, 0.15) is 5.82 Å². The lowest BCUT2D eigenvalue weighted by Gasteiger charge is -2.37. The number of hydrogen-bond donors (Lipinski definition) is 1. The zero-order valence-corrected chi connectivity index (χ0v) is 22.6. The summed E-state index contributed by atoms with van der Waals surface area (Å²) in [6, 6.07) is 17.8. The number of carbonyl (C=O) groups is 1. The number of nitrogens with zero attached hydrogens (tertiary/aromatic N) is 5. The minimum absolute atomic E-state index is 0.00188. The van der Waals surface area contributed by atoms with Crippen molar-refractivity contribution in [2.24, 2.45) is 0 Å². The lowest BCUT2D eigenvalue weighted by atomic mass is 10.1. The first-order valence-corrected chi connectivity index (χ1v) is 13.6. The molecule has 0 unspecified atom stereocenters. The van der Waals surface area contributed by atoms with Crippen LogP contribution in [0.25, 0.3) is 10.9 Å². The van der Waals surface area contributed by atoms with Crippen LogP contribution < -0.4 is 15.1 Å². The first-order chi connectivity index (χ1) is 18.5. The molecule has 0 spiro atoms. The average molecular weight is 547 g/mol. The number of aromatic nitrogens is 2. The first kappa shape index (κ1) is 24.8. The molecule has 2 aliphatic rings. The predicted octanol–water partition coefficient (Wildman–Crippen LogP) is 5.64. The molecule has 194 valence electrons. The molecule has 9 heteroatoms. The Morgan fingerprint density at radius 3 is 2.63 bits per heavy atom. The van der Waals surface area contributed by atoms with Crippen LogP contribution >= 0.6 is 23.2 Å². The molecule has 0 atom stereocenters. The number of pyridine rings is 2. The third-order valence-electron chi connectivity index (χ3n) is 7.23. The van der Waals surface area contributed by atoms with E-state index in [1.807, 2.05) is 48.2 Å². The number of carbonyl (C=O) groups excluding carboxylic acids is 1. The largest absolute Gasteiger partial charge is 0.367 e. The van der Waals surface area contributed by atoms with Gasteiger partial charge in [0.15, 0.2) is 0 Å². The van der Waals surface area contributed by atoms with E-state index in [9.17, 15) is 4.79 Å². The zero-order valence-electron chi connectivity index (χ0n) is 21.1. The highest BCUT2D eigenvalue weighted by Gasteiger charge is 2.26. The molecular formula is C29H28Cl2N6O. The third kappa shape index (κ3) is 4.84. The van der Waals surface area contributed by atoms with Crippen LogP contribution in [-0.2, 0) is 6.54 Å². The number of hydrogen-bond acceptors (Lipinski definition) is 6. The van der Waals surface area contributed by atoms with E-state index in [-0.39, 0.29) is 5.91 Å². The molecule has 38 heavy (non-hydrogen) atoms. The number of benzene rings is 2. The fourth-order valence-corrected chi connectivity index (χ4v) is 5.66. The van der Waals surface area contributed by atoms with E-state index in [1.54, 1.807) is 12.3 Å². The van der Waals surface area contributed by atoms with Crippen molar-refractivity contribution in [3.05, 3.63) is 87.7 Å². The van der Waals surface area contributed by atoms with Gasteiger partial charge in [0.05, 0.1) is 16.8 Å². The lowest BCUT2D eigenvalue weighted by Crippen LogP contribution is -2.49. The Balaban J connectivity index is 1.19. The SMILES string of the molecule is Cc1cc(N2CCN(C(=O)c3cnc4c(c3)N(Cc3cc(Cl)ccc3Cl)CCN4)CC2)c2ccccc2n1. The van der Waals surface area contributed by atoms with E-state index >= 15 is 0 Å². The normalized spacial score (nSPS) is 15.4. The minimum atomic E-state index is 0.00188. The standard InChI is InChI=1S/C29H28Cl2N6O/c1-19-14-26(23-4-2-3-5-25(23)34-19)35-10-12-36(13-11-35)29(38)20-16-27-28(33-17-20)32-8-9-37(27)18-21-15-22(30)6-7-24(21)31/h2-7,14-17H,8-13,18H2,1H3,(H,32,33). The van der Waals surface area contributed by atoms with Gasteiger partial charge in [-0.05, 0) is 48.9 Å². The van der Waals surface area contributed by atoms with Crippen LogP contribution in [0.5, 0.6) is 0 Å². The molecule has 0 aliphatic carbocycles. The van der Waals surface area contributed by atoms with Crippen LogP contribution in [0.1, 0.15) is 21.6 Å². The van der Waals surface area contributed by atoms with E-state index in [0.717, 1.165) is 59.8 Å². The summed E-state index contributed by atoms with van der Waals surface area (Å²) in [5, 5.41) is 5.81. The van der Waals surface area contributed by atoms with Gasteiger partial charge in [0, 0.05) is 78.8 Å². The predicted molar refractivity (Wildman–Crippen MR) is 155 cm³/mol. The maximum Gasteiger partial charge on any atom is 0.255 e. The molecular weight excluding hydrogens is 519 g/mol. The van der Waals surface area contributed by atoms with Crippen LogP contribution in [0.15, 0.2) is 60.8 Å². The lowest BCUT2D eigenvalue weighted by molar-refractivity contribution is 0.0746. The second-order valence-electron chi connectivity index (χ2n) is 9.75. The van der Waals surface area contributed by atoms with Crippen LogP contribution in [0.3, 0.4) is 0 Å². The molecule has 2 aromatic carbocycles. The number of nitrogens with one attached hydrogen (secondary N) is 1. The summed E-state index contributed by atoms with van der Waals surface area (Å²) in [6.45, 7) is 6.96. The molecule has 7 nitrogen and oxygen atoms in total. The molecule has 1 amide bonds. The number of fused-ring (bicyclic) bond motifs is 2. The zero-order chi connectivity index (χ0) is 26.2. The summed E-state index contributed by atoms with van der Waals surface area (Å²) in [7, 11) is 0. The number of aryl methyl sites for hydroxylation is 1. The van der Waals surface area contributed by atoms with Gasteiger partial charge in [-0.1, -0.05) is 41.4 Å². The van der Waals surface area contributed by atoms with E-state index in [4.69, 9.17) is 23.2 Å². The topological polar surface area (TPSA) is 64.6 Å². The summed E-state index contributed by atoms with van der Waals surface area (Å²) in [6.07, 6.45) is 1.68. The Labute approximate surface area is 232 Å². The Kier molecular flexibility index (Phi) is 6.72. The van der Waals surface area contributed by atoms with Crippen molar-refractivity contribution < 1.29 is 4.79 Å². The Morgan fingerprint density at radius 2 is 1.79 bits per heavy atom. The highest BCUT2D eigenvalue weighted by molar-refractivity contribution is 6.33. The fraction of sp³-hybridized carbons (Fsp3) is 0.276. The fourth-order valence-electron chi connectivity index (χ4n) is 5.29. The third-order valence-corrected chi connectivity index (χ3v) is 7.83. The number of rotatable bonds is 4. The number of para-hydroxylation sites is 1. The summed E-state index contributed by atoms with van der Waals surface area (Å²) in [4.78, 5) is 29.3. The maximum atomic E-state index is 13.5. The van der Waals surface area contributed by atoms with Crippen molar-refractivity contribution in [1.29, 1.82) is 0 Å². The summed E-state index contributed by atoms with van der Waals surface area (Å²) in [5.41, 5.74) is 5.60. The minimum Gasteiger partial charge on any atom is -0.367 e. The van der Waals surface area contributed by atoms with Crippen molar-refractivity contribution in [1.82, 2.24) is 14.9 Å². The van der Waals surface area contributed by atoms with Crippen molar-refractivity contribution in [3.8, 4) is 0 Å². The summed E-state index contributed by atoms with van der Waals surface area (Å²) in [5.74, 6) is 0.776. The van der Waals surface area contributed by atoms with Crippen molar-refractivity contribution >= 4 is 57.2 Å². The van der Waals surface area contributed by atoms with Crippen LogP contribution in [0.4, 0.5) is 17.2 Å². The molecule has 6 rings (SSSR count). The second-order valence-corrected chi connectivity index (χ2v) is 10.6. The molecule has 1 fully saturated rings. The van der Waals surface area contributed by atoms with E-state index in [1.165, 1.54) is 5.69 Å². The van der Waals surface area contributed by atoms with Gasteiger partial charge < -0.3 is 20.0 Å². The Hall–Kier alpha value is -3.55. The monoisotopic (exact) mass is 546 g/mol. The van der Waals surface area contributed by atoms with Crippen molar-refractivity contribution in [2.75, 3.05) is 54.4 Å². The molecule has 0 radical (unpaired) electrons. The molecule has 0 saturated carbocycles. The van der Waals surface area contributed by atoms with Gasteiger partial charge in [-0.25, -0.2) is 4.98 Å². The smallest absolute Gasteiger partial charge is 0.255 e. The van der Waals surface area contributed by atoms with E-state index in [2.05, 4.69) is 37.2 Å². The Morgan fingerprint density at radius 1 is 0.974 bits per heavy atom. The average Bonchev–Trinajstić information content (AvgIpc) is 2.94. The van der Waals surface area contributed by atoms with E-state index < -0.39 is 0 Å². The van der Waals surface area contributed by atoms with Crippen LogP contribution in [0, 0.1) is 6.92 Å². The van der Waals surface area contributed by atoms with Crippen molar-refractivity contribution in [2.45, 2.75) is 13.5 Å². The molecule has 2 aliphatic heterocycles. The van der Waals surface area contributed by atoms with Gasteiger partial charge in [-0.2, -0.15) is 0 Å². The maximum absolute atomic E-state index is 13.5. The molecule has 0 bridgehead atoms. The number of halogens is 2. The molecule has 1 saturated heterocycles. The van der Waals surface area contributed by atoms with Crippen molar-refractivity contribution in [3.63, 3.8) is 0 Å². The Bertz CT molecular complexity index is 1520. The summed E-state index contributed by atoms with van der Waals surface area (Å²) < 4.78 is 0. The van der Waals surface area contributed by atoms with Gasteiger partial charge in [0.2, 0.25) is 0 Å². The number of amides is 1. The number of anilines is 3. The van der Waals surface area contributed by atoms with Gasteiger partial charge in [-0.15, -0.1) is 0 Å². The second kappa shape index (κ2) is 10.3. The number of piperazine rings is 1. The van der Waals surface area contributed by atoms with Gasteiger partial charge >= 0.3 is 0 Å². The highest BCUT2D eigenvalue weighted by Crippen LogP contribution is 2.32. The quantitative estimate of drug-likeness (QED) is 0.357. The first-order valence-electron chi connectivity index (χ1n) is 12.8. The van der Waals surface area contributed by atoms with Gasteiger partial charge in [0.25, 0.3) is 5.91 Å². The van der Waals surface area contributed by atoms with E-state index in [0.29, 0.717) is 35.2 Å². The van der Waals surface area contributed by atoms with Crippen LogP contribution in [0.2, 0.25) is 10.0 Å². The van der Waals surface area contributed by atoms with Gasteiger partial charge in [-0.3, -0.25) is 9.78 Å². The molecule has 1 N–H and O–H groups in total. The summed E-state index contributed by atoms with van der Waals surface area (Å²) >= 11 is 12.7.